The molecule has 0 saturated carbocycles. The summed E-state index contributed by atoms with van der Waals surface area (Å²) in [7, 11) is 0. The largest absolute Gasteiger partial charge is 0.396 e. The van der Waals surface area contributed by atoms with Crippen molar-refractivity contribution < 1.29 is 13.6 Å². The molecule has 0 aliphatic carbocycles. The van der Waals surface area contributed by atoms with E-state index >= 15 is 0 Å². The Labute approximate surface area is 120 Å². The number of aryl methyl sites for hydroxylation is 2. The highest BCUT2D eigenvalue weighted by Crippen LogP contribution is 2.17. The number of H-pyrrole nitrogens is 1. The smallest absolute Gasteiger partial charge is 0.254 e. The maximum atomic E-state index is 13.7. The van der Waals surface area contributed by atoms with Crippen molar-refractivity contribution in [2.24, 2.45) is 0 Å². The molecule has 0 unspecified atom stereocenters. The van der Waals surface area contributed by atoms with Gasteiger partial charge in [-0.25, -0.2) is 8.78 Å². The Morgan fingerprint density at radius 1 is 1.43 bits per heavy atom. The SMILES string of the molecule is Cc1[nH]ncc1CCCNC(=O)c1cc(F)cc(N)c1F. The van der Waals surface area contributed by atoms with E-state index in [0.717, 1.165) is 29.8 Å². The van der Waals surface area contributed by atoms with Gasteiger partial charge in [-0.2, -0.15) is 5.10 Å². The van der Waals surface area contributed by atoms with E-state index in [1.807, 2.05) is 6.92 Å². The minimum absolute atomic E-state index is 0.347. The highest BCUT2D eigenvalue weighted by molar-refractivity contribution is 5.95. The van der Waals surface area contributed by atoms with E-state index in [-0.39, 0.29) is 11.3 Å². The summed E-state index contributed by atoms with van der Waals surface area (Å²) in [5.41, 5.74) is 6.56. The first-order valence-electron chi connectivity index (χ1n) is 6.50. The molecular formula is C14H16F2N4O. The summed E-state index contributed by atoms with van der Waals surface area (Å²) in [6.07, 6.45) is 3.12. The van der Waals surface area contributed by atoms with Crippen molar-refractivity contribution in [3.05, 3.63) is 46.8 Å². The average molecular weight is 294 g/mol. The molecular weight excluding hydrogens is 278 g/mol. The van der Waals surface area contributed by atoms with Crippen LogP contribution in [0.25, 0.3) is 0 Å². The Bertz CT molecular complexity index is 654. The first-order chi connectivity index (χ1) is 9.99. The van der Waals surface area contributed by atoms with Crippen molar-refractivity contribution in [1.82, 2.24) is 15.5 Å². The van der Waals surface area contributed by atoms with E-state index < -0.39 is 17.5 Å². The number of aromatic amines is 1. The first kappa shape index (κ1) is 15.0. The summed E-state index contributed by atoms with van der Waals surface area (Å²) in [5, 5.41) is 9.26. The molecule has 1 amide bonds. The number of benzene rings is 1. The van der Waals surface area contributed by atoms with Gasteiger partial charge in [-0.3, -0.25) is 9.89 Å². The molecule has 0 fully saturated rings. The standard InChI is InChI=1S/C14H16F2N4O/c1-8-9(7-19-20-8)3-2-4-18-14(21)11-5-10(15)6-12(17)13(11)16/h5-7H,2-4,17H2,1H3,(H,18,21)(H,19,20). The zero-order chi connectivity index (χ0) is 15.4. The summed E-state index contributed by atoms with van der Waals surface area (Å²) in [4.78, 5) is 11.8. The molecule has 2 rings (SSSR count). The number of rotatable bonds is 5. The maximum absolute atomic E-state index is 13.7. The highest BCUT2D eigenvalue weighted by atomic mass is 19.1. The molecule has 0 atom stereocenters. The Hall–Kier alpha value is -2.44. The van der Waals surface area contributed by atoms with Crippen LogP contribution in [0, 0.1) is 18.6 Å². The number of aromatic nitrogens is 2. The van der Waals surface area contributed by atoms with E-state index in [0.29, 0.717) is 13.0 Å². The van der Waals surface area contributed by atoms with Crippen molar-refractivity contribution in [2.75, 3.05) is 12.3 Å². The quantitative estimate of drug-likeness (QED) is 0.582. The zero-order valence-corrected chi connectivity index (χ0v) is 11.5. The molecule has 7 heteroatoms. The molecule has 0 aliphatic rings. The molecule has 0 saturated heterocycles. The number of carbonyl (C=O) groups excluding carboxylic acids is 1. The van der Waals surface area contributed by atoms with Crippen molar-refractivity contribution in [3.8, 4) is 0 Å². The fourth-order valence-electron chi connectivity index (χ4n) is 1.98. The molecule has 4 N–H and O–H groups in total. The van der Waals surface area contributed by atoms with Gasteiger partial charge in [0.1, 0.15) is 5.82 Å². The number of nitrogens with one attached hydrogen (secondary N) is 2. The minimum Gasteiger partial charge on any atom is -0.396 e. The Balaban J connectivity index is 1.89. The summed E-state index contributed by atoms with van der Waals surface area (Å²) in [6.45, 7) is 2.26. The second-order valence-corrected chi connectivity index (χ2v) is 4.74. The number of hydrogen-bond acceptors (Lipinski definition) is 3. The third-order valence-electron chi connectivity index (χ3n) is 3.15. The lowest BCUT2D eigenvalue weighted by Crippen LogP contribution is -2.26. The average Bonchev–Trinajstić information content (AvgIpc) is 2.84. The van der Waals surface area contributed by atoms with E-state index in [1.54, 1.807) is 6.20 Å². The van der Waals surface area contributed by atoms with Gasteiger partial charge in [0.2, 0.25) is 0 Å². The molecule has 2 aromatic rings. The van der Waals surface area contributed by atoms with Crippen LogP contribution < -0.4 is 11.1 Å². The number of nitrogens with two attached hydrogens (primary N) is 1. The molecule has 5 nitrogen and oxygen atoms in total. The van der Waals surface area contributed by atoms with E-state index in [9.17, 15) is 13.6 Å². The van der Waals surface area contributed by atoms with Crippen molar-refractivity contribution in [1.29, 1.82) is 0 Å². The lowest BCUT2D eigenvalue weighted by Gasteiger charge is -2.07. The summed E-state index contributed by atoms with van der Waals surface area (Å²) < 4.78 is 26.8. The second kappa shape index (κ2) is 6.34. The number of hydrogen-bond donors (Lipinski definition) is 3. The van der Waals surface area contributed by atoms with Gasteiger partial charge in [-0.05, 0) is 37.5 Å². The first-order valence-corrected chi connectivity index (χ1v) is 6.50. The number of carbonyl (C=O) groups is 1. The lowest BCUT2D eigenvalue weighted by atomic mass is 10.1. The van der Waals surface area contributed by atoms with Crippen molar-refractivity contribution in [3.63, 3.8) is 0 Å². The monoisotopic (exact) mass is 294 g/mol. The Kier molecular flexibility index (Phi) is 4.52. The van der Waals surface area contributed by atoms with Gasteiger partial charge in [-0.1, -0.05) is 0 Å². The van der Waals surface area contributed by atoms with Gasteiger partial charge in [0.15, 0.2) is 5.82 Å². The third kappa shape index (κ3) is 3.56. The highest BCUT2D eigenvalue weighted by Gasteiger charge is 2.15. The van der Waals surface area contributed by atoms with E-state index in [4.69, 9.17) is 5.73 Å². The zero-order valence-electron chi connectivity index (χ0n) is 11.5. The third-order valence-corrected chi connectivity index (χ3v) is 3.15. The van der Waals surface area contributed by atoms with E-state index in [1.165, 1.54) is 0 Å². The summed E-state index contributed by atoms with van der Waals surface area (Å²) in [6, 6.07) is 1.68. The van der Waals surface area contributed by atoms with Gasteiger partial charge >= 0.3 is 0 Å². The topological polar surface area (TPSA) is 83.8 Å². The van der Waals surface area contributed by atoms with Crippen LogP contribution in [-0.4, -0.2) is 22.6 Å². The number of halogens is 2. The Morgan fingerprint density at radius 2 is 2.19 bits per heavy atom. The number of nitrogens with zero attached hydrogens (tertiary/aromatic N) is 1. The number of nitrogen functional groups attached to an aromatic ring is 1. The Morgan fingerprint density at radius 3 is 2.86 bits per heavy atom. The molecule has 0 radical (unpaired) electrons. The minimum atomic E-state index is -0.903. The number of amides is 1. The van der Waals surface area contributed by atoms with Crippen molar-refractivity contribution >= 4 is 11.6 Å². The molecule has 0 spiro atoms. The normalized spacial score (nSPS) is 10.6. The molecule has 112 valence electrons. The fourth-order valence-corrected chi connectivity index (χ4v) is 1.98. The molecule has 0 bridgehead atoms. The van der Waals surface area contributed by atoms with Gasteiger partial charge in [0.05, 0.1) is 17.4 Å². The van der Waals surface area contributed by atoms with Crippen LogP contribution in [0.5, 0.6) is 0 Å². The maximum Gasteiger partial charge on any atom is 0.254 e. The summed E-state index contributed by atoms with van der Waals surface area (Å²) in [5.74, 6) is -2.32. The van der Waals surface area contributed by atoms with Crippen LogP contribution in [0.1, 0.15) is 28.0 Å². The molecule has 21 heavy (non-hydrogen) atoms. The lowest BCUT2D eigenvalue weighted by molar-refractivity contribution is 0.0949. The van der Waals surface area contributed by atoms with Gasteiger partial charge in [0, 0.05) is 12.2 Å². The van der Waals surface area contributed by atoms with Gasteiger partial charge < -0.3 is 11.1 Å². The fraction of sp³-hybridized carbons (Fsp3) is 0.286. The van der Waals surface area contributed by atoms with Crippen LogP contribution >= 0.6 is 0 Å². The van der Waals surface area contributed by atoms with Crippen LogP contribution in [0.3, 0.4) is 0 Å². The van der Waals surface area contributed by atoms with E-state index in [2.05, 4.69) is 15.5 Å². The molecule has 1 aromatic heterocycles. The molecule has 0 aliphatic heterocycles. The molecule has 1 heterocycles. The summed E-state index contributed by atoms with van der Waals surface area (Å²) >= 11 is 0. The number of anilines is 1. The second-order valence-electron chi connectivity index (χ2n) is 4.74. The van der Waals surface area contributed by atoms with Gasteiger partial charge in [-0.15, -0.1) is 0 Å². The van der Waals surface area contributed by atoms with Crippen molar-refractivity contribution in [2.45, 2.75) is 19.8 Å². The van der Waals surface area contributed by atoms with Crippen LogP contribution in [0.4, 0.5) is 14.5 Å². The van der Waals surface area contributed by atoms with Crippen LogP contribution in [-0.2, 0) is 6.42 Å². The predicted molar refractivity (Wildman–Crippen MR) is 74.7 cm³/mol. The van der Waals surface area contributed by atoms with Crippen LogP contribution in [0.15, 0.2) is 18.3 Å². The van der Waals surface area contributed by atoms with Crippen LogP contribution in [0.2, 0.25) is 0 Å². The molecule has 1 aromatic carbocycles. The predicted octanol–water partition coefficient (Wildman–Crippen LogP) is 1.94. The van der Waals surface area contributed by atoms with Gasteiger partial charge in [0.25, 0.3) is 5.91 Å².